The zero-order valence-corrected chi connectivity index (χ0v) is 12.6. The molecule has 0 aliphatic rings. The lowest BCUT2D eigenvalue weighted by atomic mass is 10.2. The second-order valence-electron chi connectivity index (χ2n) is 5.18. The van der Waals surface area contributed by atoms with Gasteiger partial charge in [0.1, 0.15) is 12.4 Å². The first-order chi connectivity index (χ1) is 10.6. The van der Waals surface area contributed by atoms with Crippen LogP contribution in [0.2, 0.25) is 0 Å². The van der Waals surface area contributed by atoms with Crippen molar-refractivity contribution in [3.63, 3.8) is 0 Å². The quantitative estimate of drug-likeness (QED) is 0.812. The Kier molecular flexibility index (Phi) is 5.91. The Morgan fingerprint density at radius 2 is 2.00 bits per heavy atom. The number of nitrogens with zero attached hydrogens (tertiary/aromatic N) is 2. The van der Waals surface area contributed by atoms with Crippen molar-refractivity contribution >= 4 is 5.97 Å². The number of ether oxygens (including phenoxy) is 1. The Bertz CT molecular complexity index is 585. The molecule has 22 heavy (non-hydrogen) atoms. The lowest BCUT2D eigenvalue weighted by Crippen LogP contribution is -2.21. The van der Waals surface area contributed by atoms with Crippen molar-refractivity contribution in [1.82, 2.24) is 9.88 Å². The summed E-state index contributed by atoms with van der Waals surface area (Å²) in [5.41, 5.74) is 2.15. The molecule has 0 radical (unpaired) electrons. The maximum atomic E-state index is 10.5. The van der Waals surface area contributed by atoms with Crippen LogP contribution in [0.25, 0.3) is 0 Å². The molecule has 1 aromatic carbocycles. The number of carboxylic acid groups (broad SMARTS) is 1. The van der Waals surface area contributed by atoms with E-state index in [0.717, 1.165) is 23.4 Å². The molecule has 0 spiro atoms. The van der Waals surface area contributed by atoms with Gasteiger partial charge in [0.25, 0.3) is 0 Å². The SMILES string of the molecule is CN(CCC(=O)O)Cc1ccc(OCc2cccnc2)cc1. The van der Waals surface area contributed by atoms with Crippen molar-refractivity contribution in [2.45, 2.75) is 19.6 Å². The van der Waals surface area contributed by atoms with E-state index in [0.29, 0.717) is 13.2 Å². The molecule has 0 amide bonds. The van der Waals surface area contributed by atoms with E-state index in [1.165, 1.54) is 0 Å². The van der Waals surface area contributed by atoms with Gasteiger partial charge in [-0.25, -0.2) is 0 Å². The molecule has 116 valence electrons. The van der Waals surface area contributed by atoms with Crippen molar-refractivity contribution in [3.05, 3.63) is 59.9 Å². The summed E-state index contributed by atoms with van der Waals surface area (Å²) in [5.74, 6) is 0.0341. The van der Waals surface area contributed by atoms with Crippen LogP contribution in [-0.2, 0) is 17.9 Å². The van der Waals surface area contributed by atoms with Crippen molar-refractivity contribution in [2.75, 3.05) is 13.6 Å². The molecule has 0 unspecified atom stereocenters. The third kappa shape index (κ3) is 5.54. The van der Waals surface area contributed by atoms with Gasteiger partial charge >= 0.3 is 5.97 Å². The molecule has 2 rings (SSSR count). The number of benzene rings is 1. The molecule has 0 aliphatic heterocycles. The van der Waals surface area contributed by atoms with Gasteiger partial charge in [-0.05, 0) is 30.8 Å². The molecule has 0 saturated carbocycles. The molecule has 0 atom stereocenters. The van der Waals surface area contributed by atoms with Crippen LogP contribution in [0.3, 0.4) is 0 Å². The number of carboxylic acids is 1. The predicted octanol–water partition coefficient (Wildman–Crippen LogP) is 2.57. The number of carbonyl (C=O) groups is 1. The molecular formula is C17H20N2O3. The zero-order chi connectivity index (χ0) is 15.8. The van der Waals surface area contributed by atoms with E-state index in [-0.39, 0.29) is 6.42 Å². The van der Waals surface area contributed by atoms with Crippen LogP contribution < -0.4 is 4.74 Å². The molecule has 0 bridgehead atoms. The van der Waals surface area contributed by atoms with Crippen LogP contribution in [0.5, 0.6) is 5.75 Å². The fraction of sp³-hybridized carbons (Fsp3) is 0.294. The monoisotopic (exact) mass is 300 g/mol. The fourth-order valence-electron chi connectivity index (χ4n) is 2.02. The normalized spacial score (nSPS) is 10.6. The molecular weight excluding hydrogens is 280 g/mol. The Hall–Kier alpha value is -2.40. The first kappa shape index (κ1) is 16.0. The Labute approximate surface area is 130 Å². The van der Waals surface area contributed by atoms with Crippen LogP contribution in [0.4, 0.5) is 0 Å². The number of hydrogen-bond donors (Lipinski definition) is 1. The summed E-state index contributed by atoms with van der Waals surface area (Å²) in [4.78, 5) is 16.6. The third-order valence-corrected chi connectivity index (χ3v) is 3.21. The average molecular weight is 300 g/mol. The maximum Gasteiger partial charge on any atom is 0.304 e. The first-order valence-electron chi connectivity index (χ1n) is 7.14. The van der Waals surface area contributed by atoms with Crippen molar-refractivity contribution in [1.29, 1.82) is 0 Å². The summed E-state index contributed by atoms with van der Waals surface area (Å²) in [5, 5.41) is 8.67. The summed E-state index contributed by atoms with van der Waals surface area (Å²) < 4.78 is 5.70. The van der Waals surface area contributed by atoms with Crippen molar-refractivity contribution in [2.24, 2.45) is 0 Å². The second-order valence-corrected chi connectivity index (χ2v) is 5.18. The number of hydrogen-bond acceptors (Lipinski definition) is 4. The number of rotatable bonds is 8. The first-order valence-corrected chi connectivity index (χ1v) is 7.14. The van der Waals surface area contributed by atoms with Crippen LogP contribution in [-0.4, -0.2) is 34.6 Å². The van der Waals surface area contributed by atoms with Crippen molar-refractivity contribution in [3.8, 4) is 5.75 Å². The number of aliphatic carboxylic acids is 1. The van der Waals surface area contributed by atoms with Gasteiger partial charge in [0.15, 0.2) is 0 Å². The maximum absolute atomic E-state index is 10.5. The minimum absolute atomic E-state index is 0.156. The molecule has 0 aliphatic carbocycles. The molecule has 0 saturated heterocycles. The van der Waals surface area contributed by atoms with E-state index in [9.17, 15) is 4.79 Å². The minimum Gasteiger partial charge on any atom is -0.489 e. The van der Waals surface area contributed by atoms with Crippen LogP contribution in [0.15, 0.2) is 48.8 Å². The molecule has 1 aromatic heterocycles. The largest absolute Gasteiger partial charge is 0.489 e. The fourth-order valence-corrected chi connectivity index (χ4v) is 2.02. The van der Waals surface area contributed by atoms with Gasteiger partial charge in [0.05, 0.1) is 6.42 Å². The second kappa shape index (κ2) is 8.14. The van der Waals surface area contributed by atoms with Crippen LogP contribution in [0, 0.1) is 0 Å². The molecule has 1 heterocycles. The molecule has 5 nitrogen and oxygen atoms in total. The molecule has 0 fully saturated rings. The van der Waals surface area contributed by atoms with Gasteiger partial charge in [0.2, 0.25) is 0 Å². The number of pyridine rings is 1. The Balaban J connectivity index is 1.81. The van der Waals surface area contributed by atoms with Gasteiger partial charge in [0, 0.05) is 31.0 Å². The van der Waals surface area contributed by atoms with E-state index in [4.69, 9.17) is 9.84 Å². The zero-order valence-electron chi connectivity index (χ0n) is 12.6. The van der Waals surface area contributed by atoms with Crippen LogP contribution in [0.1, 0.15) is 17.5 Å². The van der Waals surface area contributed by atoms with Gasteiger partial charge in [-0.2, -0.15) is 0 Å². The van der Waals surface area contributed by atoms with E-state index in [1.54, 1.807) is 12.4 Å². The molecule has 1 N–H and O–H groups in total. The third-order valence-electron chi connectivity index (χ3n) is 3.21. The Morgan fingerprint density at radius 1 is 1.23 bits per heavy atom. The number of aromatic nitrogens is 1. The topological polar surface area (TPSA) is 62.7 Å². The van der Waals surface area contributed by atoms with Gasteiger partial charge in [-0.1, -0.05) is 18.2 Å². The lowest BCUT2D eigenvalue weighted by molar-refractivity contribution is -0.137. The Morgan fingerprint density at radius 3 is 2.64 bits per heavy atom. The van der Waals surface area contributed by atoms with E-state index >= 15 is 0 Å². The van der Waals surface area contributed by atoms with E-state index < -0.39 is 5.97 Å². The lowest BCUT2D eigenvalue weighted by Gasteiger charge is -2.15. The average Bonchev–Trinajstić information content (AvgIpc) is 2.53. The molecule has 2 aromatic rings. The molecule has 5 heteroatoms. The predicted molar refractivity (Wildman–Crippen MR) is 83.6 cm³/mol. The highest BCUT2D eigenvalue weighted by atomic mass is 16.5. The van der Waals surface area contributed by atoms with Crippen molar-refractivity contribution < 1.29 is 14.6 Å². The highest BCUT2D eigenvalue weighted by Crippen LogP contribution is 2.15. The standard InChI is InChI=1S/C17H20N2O3/c1-19(10-8-17(20)21)12-14-4-6-16(7-5-14)22-13-15-3-2-9-18-11-15/h2-7,9,11H,8,10,12-13H2,1H3,(H,20,21). The van der Waals surface area contributed by atoms with Gasteiger partial charge < -0.3 is 14.7 Å². The summed E-state index contributed by atoms with van der Waals surface area (Å²) in [6, 6.07) is 11.7. The van der Waals surface area contributed by atoms with Crippen LogP contribution >= 0.6 is 0 Å². The summed E-state index contributed by atoms with van der Waals surface area (Å²) in [7, 11) is 1.91. The highest BCUT2D eigenvalue weighted by molar-refractivity contribution is 5.66. The van der Waals surface area contributed by atoms with Gasteiger partial charge in [-0.3, -0.25) is 9.78 Å². The summed E-state index contributed by atoms with van der Waals surface area (Å²) >= 11 is 0. The highest BCUT2D eigenvalue weighted by Gasteiger charge is 2.04. The summed E-state index contributed by atoms with van der Waals surface area (Å²) in [6.07, 6.45) is 3.67. The van der Waals surface area contributed by atoms with E-state index in [2.05, 4.69) is 4.98 Å². The van der Waals surface area contributed by atoms with E-state index in [1.807, 2.05) is 48.3 Å². The van der Waals surface area contributed by atoms with Gasteiger partial charge in [-0.15, -0.1) is 0 Å². The minimum atomic E-state index is -0.772. The smallest absolute Gasteiger partial charge is 0.304 e. The summed E-state index contributed by atoms with van der Waals surface area (Å²) in [6.45, 7) is 1.75.